The molecule has 1 aromatic carbocycles. The van der Waals surface area contributed by atoms with E-state index in [2.05, 4.69) is 4.98 Å². The third-order valence-corrected chi connectivity index (χ3v) is 6.24. The van der Waals surface area contributed by atoms with Gasteiger partial charge in [-0.25, -0.2) is 9.78 Å². The number of nitrogens with zero attached hydrogens (tertiary/aromatic N) is 2. The second-order valence-corrected chi connectivity index (χ2v) is 7.88. The van der Waals surface area contributed by atoms with Gasteiger partial charge < -0.3 is 19.5 Å². The zero-order valence-electron chi connectivity index (χ0n) is 17.1. The van der Waals surface area contributed by atoms with Gasteiger partial charge in [0.05, 0.1) is 34.6 Å². The van der Waals surface area contributed by atoms with E-state index in [9.17, 15) is 24.6 Å². The summed E-state index contributed by atoms with van der Waals surface area (Å²) < 4.78 is 6.56. The van der Waals surface area contributed by atoms with Crippen LogP contribution in [0.4, 0.5) is 0 Å². The molecule has 0 bridgehead atoms. The summed E-state index contributed by atoms with van der Waals surface area (Å²) >= 11 is 0. The maximum absolute atomic E-state index is 13.4. The maximum Gasteiger partial charge on any atom is 0.343 e. The smallest absolute Gasteiger partial charge is 0.343 e. The predicted molar refractivity (Wildman–Crippen MR) is 111 cm³/mol. The molecule has 8 nitrogen and oxygen atoms in total. The number of hydrogen-bond acceptors (Lipinski definition) is 7. The highest BCUT2D eigenvalue weighted by molar-refractivity contribution is 6.06. The summed E-state index contributed by atoms with van der Waals surface area (Å²) in [5, 5.41) is 22.0. The molecule has 3 aromatic rings. The van der Waals surface area contributed by atoms with E-state index >= 15 is 0 Å². The number of pyridine rings is 2. The third kappa shape index (κ3) is 2.45. The molecule has 2 aliphatic rings. The minimum Gasteiger partial charge on any atom is -0.507 e. The van der Waals surface area contributed by atoms with Crippen LogP contribution < -0.4 is 5.56 Å². The summed E-state index contributed by atoms with van der Waals surface area (Å²) in [6.45, 7) is 3.15. The van der Waals surface area contributed by atoms with E-state index in [0.717, 1.165) is 0 Å². The van der Waals surface area contributed by atoms with Gasteiger partial charge in [-0.2, -0.15) is 0 Å². The van der Waals surface area contributed by atoms with Crippen LogP contribution in [0.15, 0.2) is 29.1 Å². The number of esters is 1. The molecule has 0 unspecified atom stereocenters. The molecule has 158 valence electrons. The minimum absolute atomic E-state index is 0.0417. The Balaban J connectivity index is 1.94. The van der Waals surface area contributed by atoms with Crippen molar-refractivity contribution in [3.05, 3.63) is 56.9 Å². The lowest BCUT2D eigenvalue weighted by atomic mass is 9.80. The fourth-order valence-corrected chi connectivity index (χ4v) is 4.61. The van der Waals surface area contributed by atoms with Gasteiger partial charge in [0.15, 0.2) is 11.4 Å². The van der Waals surface area contributed by atoms with Crippen LogP contribution in [-0.2, 0) is 28.3 Å². The van der Waals surface area contributed by atoms with Crippen molar-refractivity contribution >= 4 is 22.7 Å². The maximum atomic E-state index is 13.4. The number of aliphatic hydroxyl groups is 1. The molecule has 2 aromatic heterocycles. The normalized spacial score (nSPS) is 19.0. The molecule has 0 amide bonds. The highest BCUT2D eigenvalue weighted by atomic mass is 16.6. The first-order valence-corrected chi connectivity index (χ1v) is 10.2. The van der Waals surface area contributed by atoms with Gasteiger partial charge in [-0.15, -0.1) is 0 Å². The van der Waals surface area contributed by atoms with E-state index in [-0.39, 0.29) is 54.2 Å². The minimum atomic E-state index is -2.08. The highest BCUT2D eigenvalue weighted by Crippen LogP contribution is 2.43. The number of benzene rings is 1. The third-order valence-electron chi connectivity index (χ3n) is 6.24. The lowest BCUT2D eigenvalue weighted by Crippen LogP contribution is -2.46. The Morgan fingerprint density at radius 2 is 2.06 bits per heavy atom. The molecule has 31 heavy (non-hydrogen) atoms. The van der Waals surface area contributed by atoms with Gasteiger partial charge in [-0.3, -0.25) is 9.59 Å². The number of carbonyl (C=O) groups is 2. The van der Waals surface area contributed by atoms with E-state index in [0.29, 0.717) is 27.9 Å². The first kappa shape index (κ1) is 19.4. The summed E-state index contributed by atoms with van der Waals surface area (Å²) in [6, 6.07) is 6.71. The van der Waals surface area contributed by atoms with Crippen LogP contribution in [0.3, 0.4) is 0 Å². The molecule has 2 aliphatic heterocycles. The van der Waals surface area contributed by atoms with E-state index < -0.39 is 17.1 Å². The van der Waals surface area contributed by atoms with Gasteiger partial charge >= 0.3 is 5.97 Å². The standard InChI is InChI=1S/C23H20N2O6/c1-3-15(26)17-18-13(10-31-22(29)23(18,30)4-2)21(28)25-9-11-8-12-14(6-5-7-16(12)27)24-19(11)20(17)25/h5-8,27,30H,3-4,9-10H2,1-2H3/t23-/m0/s1. The van der Waals surface area contributed by atoms with Crippen molar-refractivity contribution in [3.8, 4) is 17.1 Å². The summed E-state index contributed by atoms with van der Waals surface area (Å²) in [6.07, 6.45) is 0.0772. The van der Waals surface area contributed by atoms with Crippen molar-refractivity contribution in [1.29, 1.82) is 0 Å². The number of phenols is 1. The Morgan fingerprint density at radius 1 is 1.29 bits per heavy atom. The predicted octanol–water partition coefficient (Wildman–Crippen LogP) is 2.38. The van der Waals surface area contributed by atoms with Crippen LogP contribution in [0.2, 0.25) is 0 Å². The van der Waals surface area contributed by atoms with Crippen molar-refractivity contribution in [2.45, 2.75) is 45.4 Å². The number of ether oxygens (including phenoxy) is 1. The second-order valence-electron chi connectivity index (χ2n) is 7.88. The van der Waals surface area contributed by atoms with Crippen molar-refractivity contribution in [1.82, 2.24) is 9.55 Å². The van der Waals surface area contributed by atoms with Crippen LogP contribution in [0.5, 0.6) is 5.75 Å². The van der Waals surface area contributed by atoms with E-state index in [4.69, 9.17) is 4.74 Å². The summed E-state index contributed by atoms with van der Waals surface area (Å²) in [4.78, 5) is 43.7. The van der Waals surface area contributed by atoms with Gasteiger partial charge in [-0.05, 0) is 24.6 Å². The Bertz CT molecular complexity index is 1370. The van der Waals surface area contributed by atoms with Crippen LogP contribution in [0.25, 0.3) is 22.3 Å². The van der Waals surface area contributed by atoms with Gasteiger partial charge in [0.2, 0.25) is 0 Å². The molecular weight excluding hydrogens is 400 g/mol. The molecule has 4 heterocycles. The second kappa shape index (κ2) is 6.49. The largest absolute Gasteiger partial charge is 0.507 e. The SMILES string of the molecule is CCC(=O)c1c2c(c(=O)n3c1-c1nc4cccc(O)c4cc1C3)COC(=O)[C@]2(O)CC. The zero-order chi connectivity index (χ0) is 22.1. The number of fused-ring (bicyclic) bond motifs is 5. The molecule has 0 radical (unpaired) electrons. The number of rotatable bonds is 3. The Kier molecular flexibility index (Phi) is 4.07. The van der Waals surface area contributed by atoms with Crippen LogP contribution in [0.1, 0.15) is 53.7 Å². The van der Waals surface area contributed by atoms with Gasteiger partial charge in [0, 0.05) is 22.9 Å². The molecule has 0 aliphatic carbocycles. The molecular formula is C23H20N2O6. The van der Waals surface area contributed by atoms with Crippen molar-refractivity contribution < 1.29 is 24.5 Å². The molecule has 0 saturated heterocycles. The number of phenolic OH excluding ortho intramolecular Hbond substituents is 1. The van der Waals surface area contributed by atoms with E-state index in [1.54, 1.807) is 38.1 Å². The number of aromatic nitrogens is 2. The lowest BCUT2D eigenvalue weighted by Gasteiger charge is -2.33. The number of carbonyl (C=O) groups excluding carboxylic acids is 2. The first-order valence-electron chi connectivity index (χ1n) is 10.2. The fourth-order valence-electron chi connectivity index (χ4n) is 4.61. The number of Topliss-reactive ketones (excluding diaryl/α,β-unsaturated/α-hetero) is 1. The first-order chi connectivity index (χ1) is 14.8. The summed E-state index contributed by atoms with van der Waals surface area (Å²) in [5.41, 5.74) is -0.287. The van der Waals surface area contributed by atoms with E-state index in [1.807, 2.05) is 0 Å². The number of hydrogen-bond donors (Lipinski definition) is 2. The number of ketones is 1. The quantitative estimate of drug-likeness (QED) is 0.386. The Morgan fingerprint density at radius 3 is 2.77 bits per heavy atom. The average molecular weight is 420 g/mol. The van der Waals surface area contributed by atoms with Gasteiger partial charge in [-0.1, -0.05) is 19.9 Å². The van der Waals surface area contributed by atoms with Crippen molar-refractivity contribution in [3.63, 3.8) is 0 Å². The molecule has 2 N–H and O–H groups in total. The Labute approximate surface area is 176 Å². The van der Waals surface area contributed by atoms with Crippen LogP contribution in [0, 0.1) is 0 Å². The molecule has 8 heteroatoms. The molecule has 0 saturated carbocycles. The van der Waals surface area contributed by atoms with Crippen molar-refractivity contribution in [2.24, 2.45) is 0 Å². The van der Waals surface area contributed by atoms with Crippen molar-refractivity contribution in [2.75, 3.05) is 0 Å². The summed E-state index contributed by atoms with van der Waals surface area (Å²) in [5.74, 6) is -1.10. The van der Waals surface area contributed by atoms with Gasteiger partial charge in [0.1, 0.15) is 12.4 Å². The topological polar surface area (TPSA) is 119 Å². The molecule has 0 fully saturated rings. The van der Waals surface area contributed by atoms with E-state index in [1.165, 1.54) is 4.57 Å². The zero-order valence-corrected chi connectivity index (χ0v) is 17.1. The highest BCUT2D eigenvalue weighted by Gasteiger charge is 2.48. The molecule has 1 atom stereocenters. The number of cyclic esters (lactones) is 1. The lowest BCUT2D eigenvalue weighted by molar-refractivity contribution is -0.172. The number of aromatic hydroxyl groups is 1. The molecule has 5 rings (SSSR count). The van der Waals surface area contributed by atoms with Crippen LogP contribution >= 0.6 is 0 Å². The monoisotopic (exact) mass is 420 g/mol. The fraction of sp³-hybridized carbons (Fsp3) is 0.304. The summed E-state index contributed by atoms with van der Waals surface area (Å²) in [7, 11) is 0. The Hall–Kier alpha value is -3.52. The van der Waals surface area contributed by atoms with Gasteiger partial charge in [0.25, 0.3) is 5.56 Å². The molecule has 0 spiro atoms. The van der Waals surface area contributed by atoms with Crippen LogP contribution in [-0.4, -0.2) is 31.5 Å². The average Bonchev–Trinajstić information content (AvgIpc) is 3.14.